The van der Waals surface area contributed by atoms with Crippen molar-refractivity contribution in [3.05, 3.63) is 38.7 Å². The van der Waals surface area contributed by atoms with E-state index in [0.29, 0.717) is 24.1 Å². The molecule has 0 unspecified atom stereocenters. The zero-order valence-corrected chi connectivity index (χ0v) is 11.9. The molecule has 20 heavy (non-hydrogen) atoms. The maximum absolute atomic E-state index is 11.9. The largest absolute Gasteiger partial charge is 0.329 e. The monoisotopic (exact) mass is 276 g/mol. The predicted octanol–water partition coefficient (Wildman–Crippen LogP) is 0.994. The van der Waals surface area contributed by atoms with E-state index < -0.39 is 0 Å². The van der Waals surface area contributed by atoms with Crippen molar-refractivity contribution in [3.63, 3.8) is 0 Å². The van der Waals surface area contributed by atoms with Gasteiger partial charge in [-0.25, -0.2) is 9.78 Å². The summed E-state index contributed by atoms with van der Waals surface area (Å²) in [6.45, 7) is 6.16. The van der Waals surface area contributed by atoms with Crippen LogP contribution in [0.4, 0.5) is 0 Å². The molecule has 0 radical (unpaired) electrons. The fourth-order valence-electron chi connectivity index (χ4n) is 2.10. The third-order valence-corrected chi connectivity index (χ3v) is 3.20. The van der Waals surface area contributed by atoms with Gasteiger partial charge in [-0.1, -0.05) is 20.3 Å². The Morgan fingerprint density at radius 1 is 1.35 bits per heavy atom. The summed E-state index contributed by atoms with van der Waals surface area (Å²) in [7, 11) is 0. The molecule has 2 aromatic heterocycles. The van der Waals surface area contributed by atoms with Crippen molar-refractivity contribution in [1.29, 1.82) is 0 Å². The molecule has 2 heterocycles. The van der Waals surface area contributed by atoms with Crippen LogP contribution in [0.5, 0.6) is 0 Å². The van der Waals surface area contributed by atoms with Gasteiger partial charge in [0.1, 0.15) is 5.65 Å². The highest BCUT2D eigenvalue weighted by molar-refractivity contribution is 5.74. The van der Waals surface area contributed by atoms with E-state index >= 15 is 0 Å². The molecule has 2 rings (SSSR count). The van der Waals surface area contributed by atoms with Gasteiger partial charge in [0.25, 0.3) is 5.56 Å². The summed E-state index contributed by atoms with van der Waals surface area (Å²) < 4.78 is 1.54. The number of hydrogen-bond donors (Lipinski definition) is 2. The number of unbranched alkanes of at least 4 members (excludes halogenated alkanes) is 1. The summed E-state index contributed by atoms with van der Waals surface area (Å²) in [4.78, 5) is 30.5. The first kappa shape index (κ1) is 14.5. The van der Waals surface area contributed by atoms with Gasteiger partial charge in [0.15, 0.2) is 0 Å². The molecule has 2 aromatic rings. The van der Waals surface area contributed by atoms with Crippen LogP contribution in [-0.4, -0.2) is 21.1 Å². The smallest absolute Gasteiger partial charge is 0.313 e. The fraction of sp³-hybridized carbons (Fsp3) is 0.500. The van der Waals surface area contributed by atoms with E-state index in [1.807, 2.05) is 6.92 Å². The number of nitrogens with zero attached hydrogens (tertiary/aromatic N) is 2. The van der Waals surface area contributed by atoms with Crippen LogP contribution in [-0.2, 0) is 13.1 Å². The van der Waals surface area contributed by atoms with E-state index in [-0.39, 0.29) is 11.2 Å². The molecule has 0 aliphatic carbocycles. The highest BCUT2D eigenvalue weighted by Gasteiger charge is 2.09. The van der Waals surface area contributed by atoms with Crippen LogP contribution in [0.15, 0.2) is 21.9 Å². The third-order valence-electron chi connectivity index (χ3n) is 3.20. The molecule has 0 amide bonds. The van der Waals surface area contributed by atoms with Crippen molar-refractivity contribution >= 4 is 11.0 Å². The first-order chi connectivity index (χ1) is 9.67. The van der Waals surface area contributed by atoms with E-state index in [9.17, 15) is 9.59 Å². The van der Waals surface area contributed by atoms with Crippen LogP contribution >= 0.6 is 0 Å². The lowest BCUT2D eigenvalue weighted by molar-refractivity contribution is 0.612. The van der Waals surface area contributed by atoms with Gasteiger partial charge in [-0.3, -0.25) is 14.3 Å². The van der Waals surface area contributed by atoms with Gasteiger partial charge in [0, 0.05) is 19.3 Å². The molecule has 2 N–H and O–H groups in total. The zero-order chi connectivity index (χ0) is 14.5. The van der Waals surface area contributed by atoms with Gasteiger partial charge >= 0.3 is 5.69 Å². The minimum atomic E-state index is -0.386. The number of aryl methyl sites for hydroxylation is 1. The number of hydrogen-bond acceptors (Lipinski definition) is 4. The van der Waals surface area contributed by atoms with Crippen LogP contribution in [0.1, 0.15) is 32.3 Å². The number of fused-ring (bicyclic) bond motifs is 1. The average Bonchev–Trinajstić information content (AvgIpc) is 2.45. The molecule has 0 aliphatic heterocycles. The second kappa shape index (κ2) is 6.47. The van der Waals surface area contributed by atoms with Crippen molar-refractivity contribution in [3.8, 4) is 0 Å². The van der Waals surface area contributed by atoms with Crippen LogP contribution in [0, 0.1) is 0 Å². The molecule has 0 bridgehead atoms. The molecule has 108 valence electrons. The van der Waals surface area contributed by atoms with Crippen molar-refractivity contribution in [2.45, 2.75) is 39.8 Å². The van der Waals surface area contributed by atoms with E-state index in [2.05, 4.69) is 22.2 Å². The standard InChI is InChI=1S/C14H20N4O2/c1-3-5-6-18-12-11(13(19)17-14(18)20)7-10(9-16-12)8-15-4-2/h7,9,15H,3-6,8H2,1-2H3,(H,17,19,20). The van der Waals surface area contributed by atoms with Gasteiger partial charge in [0.2, 0.25) is 0 Å². The molecule has 0 spiro atoms. The predicted molar refractivity (Wildman–Crippen MR) is 78.9 cm³/mol. The lowest BCUT2D eigenvalue weighted by atomic mass is 10.2. The normalized spacial score (nSPS) is 11.1. The molecule has 0 atom stereocenters. The van der Waals surface area contributed by atoms with E-state index in [4.69, 9.17) is 0 Å². The highest BCUT2D eigenvalue weighted by Crippen LogP contribution is 2.08. The maximum atomic E-state index is 11.9. The Bertz CT molecular complexity index is 702. The molecule has 0 aliphatic rings. The number of aromatic nitrogens is 3. The summed E-state index contributed by atoms with van der Waals surface area (Å²) in [5.74, 6) is 0. The summed E-state index contributed by atoms with van der Waals surface area (Å²) >= 11 is 0. The van der Waals surface area contributed by atoms with E-state index in [1.165, 1.54) is 4.57 Å². The SMILES string of the molecule is CCCCn1c(=O)[nH]c(=O)c2cc(CNCC)cnc21. The van der Waals surface area contributed by atoms with Crippen LogP contribution in [0.25, 0.3) is 11.0 Å². The highest BCUT2D eigenvalue weighted by atomic mass is 16.2. The molecule has 0 saturated carbocycles. The molecular formula is C14H20N4O2. The number of H-pyrrole nitrogens is 1. The minimum Gasteiger partial charge on any atom is -0.313 e. The first-order valence-electron chi connectivity index (χ1n) is 6.99. The Hall–Kier alpha value is -1.95. The van der Waals surface area contributed by atoms with Crippen molar-refractivity contribution in [2.75, 3.05) is 6.54 Å². The van der Waals surface area contributed by atoms with Crippen molar-refractivity contribution in [1.82, 2.24) is 19.9 Å². The second-order valence-electron chi connectivity index (χ2n) is 4.76. The zero-order valence-electron chi connectivity index (χ0n) is 11.9. The Labute approximate surface area is 116 Å². The molecular weight excluding hydrogens is 256 g/mol. The summed E-state index contributed by atoms with van der Waals surface area (Å²) in [5.41, 5.74) is 0.643. The summed E-state index contributed by atoms with van der Waals surface area (Å²) in [6.07, 6.45) is 3.57. The summed E-state index contributed by atoms with van der Waals surface area (Å²) in [5, 5.41) is 3.66. The van der Waals surface area contributed by atoms with Crippen molar-refractivity contribution < 1.29 is 0 Å². The lowest BCUT2D eigenvalue weighted by Crippen LogP contribution is -2.31. The quantitative estimate of drug-likeness (QED) is 0.824. The van der Waals surface area contributed by atoms with Gasteiger partial charge in [-0.15, -0.1) is 0 Å². The van der Waals surface area contributed by atoms with Crippen molar-refractivity contribution in [2.24, 2.45) is 0 Å². The van der Waals surface area contributed by atoms with Gasteiger partial charge in [0.05, 0.1) is 5.39 Å². The van der Waals surface area contributed by atoms with Crippen LogP contribution < -0.4 is 16.6 Å². The number of aromatic amines is 1. The first-order valence-corrected chi connectivity index (χ1v) is 6.99. The second-order valence-corrected chi connectivity index (χ2v) is 4.76. The molecule has 6 nitrogen and oxygen atoms in total. The summed E-state index contributed by atoms with van der Waals surface area (Å²) in [6, 6.07) is 1.80. The number of nitrogens with one attached hydrogen (secondary N) is 2. The molecule has 0 fully saturated rings. The topological polar surface area (TPSA) is 79.8 Å². The van der Waals surface area contributed by atoms with Crippen LogP contribution in [0.3, 0.4) is 0 Å². The maximum Gasteiger partial charge on any atom is 0.329 e. The Morgan fingerprint density at radius 2 is 2.15 bits per heavy atom. The van der Waals surface area contributed by atoms with Gasteiger partial charge in [-0.2, -0.15) is 0 Å². The lowest BCUT2D eigenvalue weighted by Gasteiger charge is -2.09. The molecule has 6 heteroatoms. The van der Waals surface area contributed by atoms with Gasteiger partial charge in [-0.05, 0) is 24.6 Å². The van der Waals surface area contributed by atoms with Crippen LogP contribution in [0.2, 0.25) is 0 Å². The van der Waals surface area contributed by atoms with E-state index in [1.54, 1.807) is 12.3 Å². The Morgan fingerprint density at radius 3 is 2.85 bits per heavy atom. The minimum absolute atomic E-state index is 0.372. The van der Waals surface area contributed by atoms with E-state index in [0.717, 1.165) is 24.9 Å². The van der Waals surface area contributed by atoms with Gasteiger partial charge < -0.3 is 5.32 Å². The Balaban J connectivity index is 2.53. The average molecular weight is 276 g/mol. The molecule has 0 saturated heterocycles. The number of pyridine rings is 1. The number of rotatable bonds is 6. The molecule has 0 aromatic carbocycles. The third kappa shape index (κ3) is 2.96. The fourth-order valence-corrected chi connectivity index (χ4v) is 2.10. The Kier molecular flexibility index (Phi) is 4.68.